The van der Waals surface area contributed by atoms with E-state index in [1.807, 2.05) is 36.4 Å². The predicted octanol–water partition coefficient (Wildman–Crippen LogP) is 4.42. The number of para-hydroxylation sites is 1. The van der Waals surface area contributed by atoms with Crippen molar-refractivity contribution in [3.05, 3.63) is 47.9 Å². The minimum atomic E-state index is 0. The van der Waals surface area contributed by atoms with Crippen LogP contribution in [0.2, 0.25) is 0 Å². The molecule has 0 spiro atoms. The number of benzene rings is 1. The van der Waals surface area contributed by atoms with Gasteiger partial charge in [0.05, 0.1) is 5.69 Å². The van der Waals surface area contributed by atoms with Crippen LogP contribution >= 0.6 is 24.0 Å². The lowest BCUT2D eigenvalue weighted by molar-refractivity contribution is 0.129. The van der Waals surface area contributed by atoms with Gasteiger partial charge < -0.3 is 19.5 Å². The van der Waals surface area contributed by atoms with Crippen LogP contribution < -0.4 is 10.1 Å². The molecule has 2 heterocycles. The first kappa shape index (κ1) is 22.5. The highest BCUT2D eigenvalue weighted by Gasteiger charge is 2.22. The third-order valence-electron chi connectivity index (χ3n) is 4.68. The van der Waals surface area contributed by atoms with Gasteiger partial charge in [0.1, 0.15) is 18.4 Å². The van der Waals surface area contributed by atoms with Crippen LogP contribution in [0.1, 0.15) is 51.0 Å². The Bertz CT molecular complexity index is 725. The van der Waals surface area contributed by atoms with Crippen molar-refractivity contribution < 1.29 is 9.26 Å². The number of hydrogen-bond donors (Lipinski definition) is 1. The molecule has 0 bridgehead atoms. The van der Waals surface area contributed by atoms with E-state index in [9.17, 15) is 0 Å². The molecule has 6 nitrogen and oxygen atoms in total. The van der Waals surface area contributed by atoms with E-state index in [1.54, 1.807) is 0 Å². The number of piperidine rings is 1. The van der Waals surface area contributed by atoms with Crippen LogP contribution in [0.5, 0.6) is 5.75 Å². The molecular weight excluding hydrogens is 467 g/mol. The zero-order valence-corrected chi connectivity index (χ0v) is 19.3. The minimum absolute atomic E-state index is 0. The first-order valence-corrected chi connectivity index (χ1v) is 9.86. The SMILES string of the molecule is CCNC(=NCc1cc(C(C)C)no1)N1CCC(Oc2ccccc2)CC1.I. The lowest BCUT2D eigenvalue weighted by Gasteiger charge is -2.34. The van der Waals surface area contributed by atoms with E-state index in [-0.39, 0.29) is 30.1 Å². The van der Waals surface area contributed by atoms with Gasteiger partial charge in [0.25, 0.3) is 0 Å². The molecular formula is C21H31IN4O2. The van der Waals surface area contributed by atoms with Crippen molar-refractivity contribution in [3.63, 3.8) is 0 Å². The average Bonchev–Trinajstić information content (AvgIpc) is 3.16. The predicted molar refractivity (Wildman–Crippen MR) is 122 cm³/mol. The Labute approximate surface area is 184 Å². The summed E-state index contributed by atoms with van der Waals surface area (Å²) in [5.41, 5.74) is 0.976. The average molecular weight is 498 g/mol. The highest BCUT2D eigenvalue weighted by Crippen LogP contribution is 2.19. The van der Waals surface area contributed by atoms with Crippen LogP contribution in [-0.2, 0) is 6.54 Å². The van der Waals surface area contributed by atoms with E-state index in [2.05, 4.69) is 36.1 Å². The summed E-state index contributed by atoms with van der Waals surface area (Å²) in [5, 5.41) is 7.50. The second-order valence-electron chi connectivity index (χ2n) is 7.16. The standard InChI is InChI=1S/C21H30N4O2.HI/c1-4-22-21(23-15-19-14-20(16(2)3)24-27-19)25-12-10-18(11-13-25)26-17-8-6-5-7-9-17;/h5-9,14,16,18H,4,10-13,15H2,1-3H3,(H,22,23);1H. The van der Waals surface area contributed by atoms with Crippen molar-refractivity contribution in [2.75, 3.05) is 19.6 Å². The summed E-state index contributed by atoms with van der Waals surface area (Å²) in [5.74, 6) is 3.04. The largest absolute Gasteiger partial charge is 0.490 e. The maximum absolute atomic E-state index is 6.09. The Morgan fingerprint density at radius 1 is 1.29 bits per heavy atom. The topological polar surface area (TPSA) is 62.9 Å². The molecule has 28 heavy (non-hydrogen) atoms. The van der Waals surface area contributed by atoms with Gasteiger partial charge in [0, 0.05) is 38.5 Å². The molecule has 1 saturated heterocycles. The van der Waals surface area contributed by atoms with Gasteiger partial charge in [0.2, 0.25) is 0 Å². The number of likely N-dealkylation sites (tertiary alicyclic amines) is 1. The fourth-order valence-electron chi connectivity index (χ4n) is 3.13. The molecule has 0 saturated carbocycles. The van der Waals surface area contributed by atoms with Crippen molar-refractivity contribution >= 4 is 29.9 Å². The second-order valence-corrected chi connectivity index (χ2v) is 7.16. The van der Waals surface area contributed by atoms with Crippen LogP contribution in [0.25, 0.3) is 0 Å². The number of nitrogens with zero attached hydrogens (tertiary/aromatic N) is 3. The summed E-state index contributed by atoms with van der Waals surface area (Å²) in [6, 6.07) is 12.1. The number of aromatic nitrogens is 1. The Kier molecular flexibility index (Phi) is 9.08. The van der Waals surface area contributed by atoms with E-state index >= 15 is 0 Å². The van der Waals surface area contributed by atoms with Gasteiger partial charge >= 0.3 is 0 Å². The van der Waals surface area contributed by atoms with Crippen LogP contribution in [-0.4, -0.2) is 41.8 Å². The highest BCUT2D eigenvalue weighted by molar-refractivity contribution is 14.0. The third-order valence-corrected chi connectivity index (χ3v) is 4.68. The normalized spacial score (nSPS) is 15.4. The van der Waals surface area contributed by atoms with Gasteiger partial charge in [-0.3, -0.25) is 0 Å². The Morgan fingerprint density at radius 2 is 2.00 bits per heavy atom. The summed E-state index contributed by atoms with van der Waals surface area (Å²) in [6.07, 6.45) is 2.23. The monoisotopic (exact) mass is 498 g/mol. The van der Waals surface area contributed by atoms with Crippen molar-refractivity contribution in [3.8, 4) is 5.75 Å². The number of rotatable bonds is 6. The van der Waals surface area contributed by atoms with E-state index in [1.165, 1.54) is 0 Å². The first-order valence-electron chi connectivity index (χ1n) is 9.86. The van der Waals surface area contributed by atoms with Gasteiger partial charge in [-0.1, -0.05) is 37.2 Å². The molecule has 1 fully saturated rings. The molecule has 7 heteroatoms. The Balaban J connectivity index is 0.00000280. The molecule has 2 aromatic rings. The summed E-state index contributed by atoms with van der Waals surface area (Å²) < 4.78 is 11.5. The smallest absolute Gasteiger partial charge is 0.194 e. The van der Waals surface area contributed by atoms with Gasteiger partial charge in [-0.05, 0) is 25.0 Å². The second kappa shape index (κ2) is 11.3. The number of aliphatic imine (C=N–C) groups is 1. The zero-order chi connectivity index (χ0) is 19.1. The van der Waals surface area contributed by atoms with E-state index in [0.29, 0.717) is 12.5 Å². The third kappa shape index (κ3) is 6.39. The summed E-state index contributed by atoms with van der Waals surface area (Å²) in [6.45, 7) is 9.50. The number of halogens is 1. The van der Waals surface area contributed by atoms with Crippen LogP contribution in [0.3, 0.4) is 0 Å². The molecule has 0 radical (unpaired) electrons. The molecule has 1 aliphatic rings. The van der Waals surface area contributed by atoms with E-state index in [0.717, 1.165) is 55.6 Å². The van der Waals surface area contributed by atoms with Crippen molar-refractivity contribution in [2.45, 2.75) is 52.2 Å². The maximum atomic E-state index is 6.09. The van der Waals surface area contributed by atoms with E-state index < -0.39 is 0 Å². The molecule has 0 atom stereocenters. The zero-order valence-electron chi connectivity index (χ0n) is 16.9. The van der Waals surface area contributed by atoms with Crippen LogP contribution in [0.4, 0.5) is 0 Å². The Morgan fingerprint density at radius 3 is 2.61 bits per heavy atom. The van der Waals surface area contributed by atoms with E-state index in [4.69, 9.17) is 14.3 Å². The lowest BCUT2D eigenvalue weighted by atomic mass is 10.1. The van der Waals surface area contributed by atoms with Crippen molar-refractivity contribution in [1.82, 2.24) is 15.4 Å². The van der Waals surface area contributed by atoms with Crippen LogP contribution in [0, 0.1) is 0 Å². The van der Waals surface area contributed by atoms with Crippen LogP contribution in [0.15, 0.2) is 45.9 Å². The maximum Gasteiger partial charge on any atom is 0.194 e. The number of guanidine groups is 1. The molecule has 1 aromatic carbocycles. The van der Waals surface area contributed by atoms with Gasteiger partial charge in [-0.25, -0.2) is 4.99 Å². The summed E-state index contributed by atoms with van der Waals surface area (Å²) in [4.78, 5) is 7.05. The molecule has 1 aromatic heterocycles. The Hall–Kier alpha value is -1.77. The first-order chi connectivity index (χ1) is 13.2. The molecule has 1 N–H and O–H groups in total. The molecule has 1 aliphatic heterocycles. The van der Waals surface area contributed by atoms with Gasteiger partial charge in [-0.2, -0.15) is 0 Å². The van der Waals surface area contributed by atoms with Gasteiger partial charge in [0.15, 0.2) is 11.7 Å². The summed E-state index contributed by atoms with van der Waals surface area (Å²) >= 11 is 0. The fraction of sp³-hybridized carbons (Fsp3) is 0.524. The molecule has 154 valence electrons. The molecule has 3 rings (SSSR count). The number of nitrogens with one attached hydrogen (secondary N) is 1. The molecule has 0 aliphatic carbocycles. The van der Waals surface area contributed by atoms with Gasteiger partial charge in [-0.15, -0.1) is 24.0 Å². The molecule has 0 amide bonds. The quantitative estimate of drug-likeness (QED) is 0.363. The number of ether oxygens (including phenoxy) is 1. The highest BCUT2D eigenvalue weighted by atomic mass is 127. The fourth-order valence-corrected chi connectivity index (χ4v) is 3.13. The van der Waals surface area contributed by atoms with Crippen molar-refractivity contribution in [1.29, 1.82) is 0 Å². The lowest BCUT2D eigenvalue weighted by Crippen LogP contribution is -2.47. The minimum Gasteiger partial charge on any atom is -0.490 e. The summed E-state index contributed by atoms with van der Waals surface area (Å²) in [7, 11) is 0. The van der Waals surface area contributed by atoms with Crippen molar-refractivity contribution in [2.24, 2.45) is 4.99 Å². The number of hydrogen-bond acceptors (Lipinski definition) is 4. The molecule has 0 unspecified atom stereocenters.